The van der Waals surface area contributed by atoms with Crippen molar-refractivity contribution in [3.8, 4) is 11.4 Å². The molecule has 2 N–H and O–H groups in total. The Morgan fingerprint density at radius 2 is 2.19 bits per heavy atom. The lowest BCUT2D eigenvalue weighted by atomic mass is 10.3. The highest BCUT2D eigenvalue weighted by molar-refractivity contribution is 5.45. The maximum Gasteiger partial charge on any atom is 0.205 e. The van der Waals surface area contributed by atoms with Gasteiger partial charge in [0.2, 0.25) is 5.95 Å². The molecule has 16 heavy (non-hydrogen) atoms. The zero-order valence-corrected chi connectivity index (χ0v) is 9.07. The number of imidazole rings is 1. The molecule has 0 aliphatic carbocycles. The van der Waals surface area contributed by atoms with Crippen LogP contribution in [0, 0.1) is 12.7 Å². The molecule has 84 valence electrons. The molecule has 0 spiro atoms. The van der Waals surface area contributed by atoms with Gasteiger partial charge < -0.3 is 10.5 Å². The van der Waals surface area contributed by atoms with Crippen LogP contribution in [0.3, 0.4) is 0 Å². The fraction of sp³-hybridized carbons (Fsp3) is 0.182. The fourth-order valence-corrected chi connectivity index (χ4v) is 1.51. The third kappa shape index (κ3) is 1.71. The predicted molar refractivity (Wildman–Crippen MR) is 59.2 cm³/mol. The summed E-state index contributed by atoms with van der Waals surface area (Å²) in [6, 6.07) is 4.47. The number of hydrogen-bond acceptors (Lipinski definition) is 3. The van der Waals surface area contributed by atoms with Gasteiger partial charge in [-0.1, -0.05) is 0 Å². The molecule has 0 bridgehead atoms. The molecule has 0 unspecified atom stereocenters. The number of aryl methyl sites for hydroxylation is 1. The van der Waals surface area contributed by atoms with Crippen LogP contribution in [0.25, 0.3) is 5.69 Å². The second-order valence-corrected chi connectivity index (χ2v) is 3.43. The molecular weight excluding hydrogens is 209 g/mol. The van der Waals surface area contributed by atoms with E-state index in [0.717, 1.165) is 5.69 Å². The summed E-state index contributed by atoms with van der Waals surface area (Å²) in [7, 11) is 1.53. The molecule has 0 radical (unpaired) electrons. The van der Waals surface area contributed by atoms with Gasteiger partial charge in [-0.3, -0.25) is 4.57 Å². The lowest BCUT2D eigenvalue weighted by Gasteiger charge is -2.07. The second kappa shape index (κ2) is 3.84. The van der Waals surface area contributed by atoms with Gasteiger partial charge in [-0.2, -0.15) is 0 Å². The standard InChI is InChI=1S/C11H12FN3O/c1-7-6-15(11(13)14-7)10-5-8(16-2)3-4-9(10)12/h3-6H,1-2H3,(H2,13,14). The van der Waals surface area contributed by atoms with Crippen LogP contribution in [0.1, 0.15) is 5.69 Å². The molecule has 1 heterocycles. The predicted octanol–water partition coefficient (Wildman–Crippen LogP) is 1.91. The number of nitrogens with zero attached hydrogens (tertiary/aromatic N) is 2. The maximum atomic E-state index is 13.6. The molecule has 0 aliphatic heterocycles. The van der Waals surface area contributed by atoms with Crippen molar-refractivity contribution in [1.29, 1.82) is 0 Å². The second-order valence-electron chi connectivity index (χ2n) is 3.43. The highest BCUT2D eigenvalue weighted by Crippen LogP contribution is 2.22. The number of ether oxygens (including phenoxy) is 1. The Kier molecular flexibility index (Phi) is 2.52. The molecule has 2 aromatic rings. The van der Waals surface area contributed by atoms with Gasteiger partial charge in [-0.05, 0) is 19.1 Å². The minimum Gasteiger partial charge on any atom is -0.497 e. The normalized spacial score (nSPS) is 10.4. The summed E-state index contributed by atoms with van der Waals surface area (Å²) < 4.78 is 20.2. The summed E-state index contributed by atoms with van der Waals surface area (Å²) in [4.78, 5) is 4.02. The molecule has 2 rings (SSSR count). The Morgan fingerprint density at radius 3 is 2.75 bits per heavy atom. The lowest BCUT2D eigenvalue weighted by Crippen LogP contribution is -2.02. The van der Waals surface area contributed by atoms with Gasteiger partial charge in [0.1, 0.15) is 11.6 Å². The van der Waals surface area contributed by atoms with Crippen LogP contribution in [0.4, 0.5) is 10.3 Å². The molecule has 0 fully saturated rings. The number of nitrogens with two attached hydrogens (primary N) is 1. The van der Waals surface area contributed by atoms with Crippen molar-refractivity contribution in [2.45, 2.75) is 6.92 Å². The van der Waals surface area contributed by atoms with Crippen molar-refractivity contribution in [3.63, 3.8) is 0 Å². The first-order chi connectivity index (χ1) is 7.61. The smallest absolute Gasteiger partial charge is 0.205 e. The van der Waals surface area contributed by atoms with Crippen molar-refractivity contribution in [2.24, 2.45) is 0 Å². The summed E-state index contributed by atoms with van der Waals surface area (Å²) >= 11 is 0. The van der Waals surface area contributed by atoms with Gasteiger partial charge >= 0.3 is 0 Å². The Morgan fingerprint density at radius 1 is 1.44 bits per heavy atom. The molecule has 0 amide bonds. The first-order valence-electron chi connectivity index (χ1n) is 4.77. The molecule has 5 heteroatoms. The van der Waals surface area contributed by atoms with Crippen LogP contribution >= 0.6 is 0 Å². The van der Waals surface area contributed by atoms with E-state index in [4.69, 9.17) is 10.5 Å². The van der Waals surface area contributed by atoms with E-state index < -0.39 is 0 Å². The zero-order valence-electron chi connectivity index (χ0n) is 9.07. The average Bonchev–Trinajstić information content (AvgIpc) is 2.58. The summed E-state index contributed by atoms with van der Waals surface area (Å²) in [5.41, 5.74) is 6.75. The van der Waals surface area contributed by atoms with Crippen LogP contribution in [0.2, 0.25) is 0 Å². The maximum absolute atomic E-state index is 13.6. The number of benzene rings is 1. The molecule has 0 saturated carbocycles. The molecule has 0 atom stereocenters. The monoisotopic (exact) mass is 221 g/mol. The van der Waals surface area contributed by atoms with Crippen LogP contribution in [0.5, 0.6) is 5.75 Å². The van der Waals surface area contributed by atoms with Crippen molar-refractivity contribution in [3.05, 3.63) is 35.9 Å². The molecule has 4 nitrogen and oxygen atoms in total. The first kappa shape index (κ1) is 10.5. The topological polar surface area (TPSA) is 53.1 Å². The highest BCUT2D eigenvalue weighted by atomic mass is 19.1. The van der Waals surface area contributed by atoms with E-state index in [1.54, 1.807) is 25.3 Å². The molecule has 1 aromatic heterocycles. The minimum absolute atomic E-state index is 0.254. The van der Waals surface area contributed by atoms with E-state index in [-0.39, 0.29) is 11.8 Å². The van der Waals surface area contributed by atoms with Crippen molar-refractivity contribution < 1.29 is 9.13 Å². The van der Waals surface area contributed by atoms with Crippen LogP contribution in [0.15, 0.2) is 24.4 Å². The van der Waals surface area contributed by atoms with Gasteiger partial charge in [0, 0.05) is 12.3 Å². The summed E-state index contributed by atoms with van der Waals surface area (Å²) in [5, 5.41) is 0. The van der Waals surface area contributed by atoms with Crippen molar-refractivity contribution in [2.75, 3.05) is 12.8 Å². The number of aromatic nitrogens is 2. The van der Waals surface area contributed by atoms with Crippen molar-refractivity contribution in [1.82, 2.24) is 9.55 Å². The minimum atomic E-state index is -0.370. The summed E-state index contributed by atoms with van der Waals surface area (Å²) in [6.45, 7) is 1.80. The Hall–Kier alpha value is -2.04. The zero-order chi connectivity index (χ0) is 11.7. The number of hydrogen-bond donors (Lipinski definition) is 1. The van der Waals surface area contributed by atoms with Gasteiger partial charge in [0.15, 0.2) is 0 Å². The van der Waals surface area contributed by atoms with Crippen LogP contribution < -0.4 is 10.5 Å². The number of anilines is 1. The van der Waals surface area contributed by atoms with Crippen LogP contribution in [-0.2, 0) is 0 Å². The van der Waals surface area contributed by atoms with E-state index in [1.165, 1.54) is 17.7 Å². The van der Waals surface area contributed by atoms with Gasteiger partial charge in [-0.15, -0.1) is 0 Å². The SMILES string of the molecule is COc1ccc(F)c(-n2cc(C)nc2N)c1. The first-order valence-corrected chi connectivity index (χ1v) is 4.77. The third-order valence-corrected chi connectivity index (χ3v) is 2.27. The average molecular weight is 221 g/mol. The number of nitrogen functional groups attached to an aromatic ring is 1. The Bertz CT molecular complexity index is 522. The van der Waals surface area contributed by atoms with E-state index in [1.807, 2.05) is 0 Å². The Labute approximate surface area is 92.5 Å². The van der Waals surface area contributed by atoms with E-state index in [9.17, 15) is 4.39 Å². The van der Waals surface area contributed by atoms with Crippen LogP contribution in [-0.4, -0.2) is 16.7 Å². The molecular formula is C11H12FN3O. The molecule has 0 saturated heterocycles. The van der Waals surface area contributed by atoms with Gasteiger partial charge in [0.25, 0.3) is 0 Å². The Balaban J connectivity index is 2.58. The fourth-order valence-electron chi connectivity index (χ4n) is 1.51. The summed E-state index contributed by atoms with van der Waals surface area (Å²) in [6.07, 6.45) is 1.67. The highest BCUT2D eigenvalue weighted by Gasteiger charge is 2.10. The van der Waals surface area contributed by atoms with E-state index in [2.05, 4.69) is 4.98 Å². The number of rotatable bonds is 2. The third-order valence-electron chi connectivity index (χ3n) is 2.27. The van der Waals surface area contributed by atoms with Crippen molar-refractivity contribution >= 4 is 5.95 Å². The lowest BCUT2D eigenvalue weighted by molar-refractivity contribution is 0.413. The van der Waals surface area contributed by atoms with Gasteiger partial charge in [0.05, 0.1) is 18.5 Å². The number of methoxy groups -OCH3 is 1. The largest absolute Gasteiger partial charge is 0.497 e. The molecule has 0 aliphatic rings. The molecule has 1 aromatic carbocycles. The van der Waals surface area contributed by atoms with E-state index in [0.29, 0.717) is 11.4 Å². The quantitative estimate of drug-likeness (QED) is 0.842. The van der Waals surface area contributed by atoms with E-state index >= 15 is 0 Å². The summed E-state index contributed by atoms with van der Waals surface area (Å²) in [5.74, 6) is 0.455. The van der Waals surface area contributed by atoms with Gasteiger partial charge in [-0.25, -0.2) is 9.37 Å². The number of halogens is 1.